The van der Waals surface area contributed by atoms with Crippen molar-refractivity contribution >= 4 is 11.8 Å². The van der Waals surface area contributed by atoms with Crippen LogP contribution in [0.25, 0.3) is 0 Å². The first-order chi connectivity index (χ1) is 13.3. The number of fused-ring (bicyclic) bond motifs is 4. The Morgan fingerprint density at radius 1 is 1.29 bits per heavy atom. The minimum Gasteiger partial charge on any atom is -0.337 e. The van der Waals surface area contributed by atoms with Gasteiger partial charge in [-0.3, -0.25) is 9.59 Å². The van der Waals surface area contributed by atoms with Gasteiger partial charge in [0.25, 0.3) is 5.91 Å². The maximum Gasteiger partial charge on any atom is 0.345 e. The molecule has 8 heteroatoms. The summed E-state index contributed by atoms with van der Waals surface area (Å²) in [6.45, 7) is 3.80. The number of nitrogens with one attached hydrogen (secondary N) is 1. The molecule has 3 saturated heterocycles. The lowest BCUT2D eigenvalue weighted by atomic mass is 9.72. The highest BCUT2D eigenvalue weighted by Crippen LogP contribution is 2.41. The zero-order valence-electron chi connectivity index (χ0n) is 16.9. The average molecular weight is 387 g/mol. The maximum absolute atomic E-state index is 13.1. The molecule has 1 aromatic heterocycles. The number of likely N-dealkylation sites (N-methyl/N-ethyl adjacent to an activating group) is 1. The predicted octanol–water partition coefficient (Wildman–Crippen LogP) is 0.482. The third kappa shape index (κ3) is 3.45. The molecule has 0 aromatic carbocycles. The highest BCUT2D eigenvalue weighted by Gasteiger charge is 2.50. The number of nitrogens with zero attached hydrogens (tertiary/aromatic N) is 4. The molecule has 152 valence electrons. The lowest BCUT2D eigenvalue weighted by Gasteiger charge is -2.57. The van der Waals surface area contributed by atoms with Crippen LogP contribution in [0.2, 0.25) is 0 Å². The number of rotatable bonds is 3. The number of H-pyrrole nitrogens is 1. The third-order valence-electron chi connectivity index (χ3n) is 6.43. The summed E-state index contributed by atoms with van der Waals surface area (Å²) in [6.07, 6.45) is 3.63. The van der Waals surface area contributed by atoms with Crippen LogP contribution in [0.5, 0.6) is 0 Å². The van der Waals surface area contributed by atoms with E-state index < -0.39 is 5.69 Å². The largest absolute Gasteiger partial charge is 0.345 e. The molecule has 0 spiro atoms. The fourth-order valence-electron chi connectivity index (χ4n) is 5.40. The van der Waals surface area contributed by atoms with Gasteiger partial charge in [0.05, 0.1) is 0 Å². The molecule has 4 atom stereocenters. The quantitative estimate of drug-likeness (QED) is 0.815. The molecule has 0 radical (unpaired) electrons. The summed E-state index contributed by atoms with van der Waals surface area (Å²) in [5.41, 5.74) is 0.354. The Labute approximate surface area is 164 Å². The van der Waals surface area contributed by atoms with E-state index in [1.165, 1.54) is 0 Å². The van der Waals surface area contributed by atoms with Gasteiger partial charge in [-0.05, 0) is 58.2 Å². The van der Waals surface area contributed by atoms with Crippen LogP contribution in [0.15, 0.2) is 10.9 Å². The SMILES string of the molecule is Cc1cc(C(=O)N2C[C@H]3C[C@@H](C2)[C@H](CN(C)C)N2C(=O)CCC[C@@H]32)nc(=O)[nH]1. The van der Waals surface area contributed by atoms with Gasteiger partial charge in [0.15, 0.2) is 0 Å². The molecular weight excluding hydrogens is 358 g/mol. The van der Waals surface area contributed by atoms with E-state index in [1.807, 2.05) is 19.0 Å². The Morgan fingerprint density at radius 3 is 2.75 bits per heavy atom. The fourth-order valence-corrected chi connectivity index (χ4v) is 5.40. The highest BCUT2D eigenvalue weighted by atomic mass is 16.2. The van der Waals surface area contributed by atoms with Crippen molar-refractivity contribution in [3.05, 3.63) is 27.9 Å². The number of piperidine rings is 3. The summed E-state index contributed by atoms with van der Waals surface area (Å²) in [5.74, 6) is 0.646. The highest BCUT2D eigenvalue weighted by molar-refractivity contribution is 5.92. The minimum absolute atomic E-state index is 0.133. The fraction of sp³-hybridized carbons (Fsp3) is 0.700. The van der Waals surface area contributed by atoms with E-state index in [9.17, 15) is 14.4 Å². The number of hydrogen-bond donors (Lipinski definition) is 1. The maximum atomic E-state index is 13.1. The molecule has 4 heterocycles. The van der Waals surface area contributed by atoms with E-state index in [0.29, 0.717) is 31.1 Å². The standard InChI is InChI=1S/C20H29N5O3/c1-12-7-15(22-20(28)21-12)19(27)24-9-13-8-14(10-24)17(11-23(2)3)25-16(13)5-4-6-18(25)26/h7,13-14,16-17H,4-6,8-11H2,1-3H3,(H,21,22,28)/t13-,14+,16+,17+/m1/s1. The average Bonchev–Trinajstić information content (AvgIpc) is 2.63. The summed E-state index contributed by atoms with van der Waals surface area (Å²) >= 11 is 0. The molecule has 2 bridgehead atoms. The van der Waals surface area contributed by atoms with Crippen LogP contribution in [0.1, 0.15) is 41.9 Å². The van der Waals surface area contributed by atoms with Gasteiger partial charge < -0.3 is 19.7 Å². The number of amides is 2. The monoisotopic (exact) mass is 387 g/mol. The zero-order chi connectivity index (χ0) is 20.0. The van der Waals surface area contributed by atoms with E-state index in [1.54, 1.807) is 13.0 Å². The lowest BCUT2D eigenvalue weighted by molar-refractivity contribution is -0.152. The van der Waals surface area contributed by atoms with Crippen molar-refractivity contribution in [3.8, 4) is 0 Å². The van der Waals surface area contributed by atoms with Crippen molar-refractivity contribution in [3.63, 3.8) is 0 Å². The smallest absolute Gasteiger partial charge is 0.337 e. The summed E-state index contributed by atoms with van der Waals surface area (Å²) in [4.78, 5) is 50.2. The molecule has 0 unspecified atom stereocenters. The van der Waals surface area contributed by atoms with Crippen LogP contribution in [-0.2, 0) is 4.79 Å². The van der Waals surface area contributed by atoms with Gasteiger partial charge in [0.1, 0.15) is 5.69 Å². The van der Waals surface area contributed by atoms with Gasteiger partial charge in [-0.15, -0.1) is 0 Å². The van der Waals surface area contributed by atoms with E-state index in [-0.39, 0.29) is 35.5 Å². The van der Waals surface area contributed by atoms with Crippen molar-refractivity contribution in [2.45, 2.75) is 44.7 Å². The van der Waals surface area contributed by atoms with Crippen molar-refractivity contribution in [2.75, 3.05) is 33.7 Å². The normalized spacial score (nSPS) is 29.8. The molecule has 2 amide bonds. The van der Waals surface area contributed by atoms with Crippen LogP contribution in [0, 0.1) is 18.8 Å². The van der Waals surface area contributed by atoms with Crippen molar-refractivity contribution in [1.82, 2.24) is 24.7 Å². The van der Waals surface area contributed by atoms with E-state index in [0.717, 1.165) is 25.8 Å². The Kier molecular flexibility index (Phi) is 4.99. The van der Waals surface area contributed by atoms with Crippen molar-refractivity contribution < 1.29 is 9.59 Å². The second kappa shape index (κ2) is 7.31. The molecule has 28 heavy (non-hydrogen) atoms. The summed E-state index contributed by atoms with van der Waals surface area (Å²) in [6, 6.07) is 1.99. The van der Waals surface area contributed by atoms with Crippen LogP contribution in [-0.4, -0.2) is 82.3 Å². The molecular formula is C20H29N5O3. The molecule has 3 aliphatic heterocycles. The molecule has 4 rings (SSSR count). The van der Waals surface area contributed by atoms with Gasteiger partial charge in [0.2, 0.25) is 5.91 Å². The Morgan fingerprint density at radius 2 is 2.04 bits per heavy atom. The Hall–Kier alpha value is -2.22. The molecule has 0 saturated carbocycles. The Bertz CT molecular complexity index is 835. The van der Waals surface area contributed by atoms with E-state index >= 15 is 0 Å². The molecule has 8 nitrogen and oxygen atoms in total. The topological polar surface area (TPSA) is 89.6 Å². The van der Waals surface area contributed by atoms with Crippen molar-refractivity contribution in [1.29, 1.82) is 0 Å². The predicted molar refractivity (Wildman–Crippen MR) is 104 cm³/mol. The van der Waals surface area contributed by atoms with Gasteiger partial charge in [-0.1, -0.05) is 0 Å². The summed E-state index contributed by atoms with van der Waals surface area (Å²) in [5, 5.41) is 0. The first-order valence-electron chi connectivity index (χ1n) is 10.2. The second-order valence-electron chi connectivity index (χ2n) is 8.81. The molecule has 3 fully saturated rings. The lowest BCUT2D eigenvalue weighted by Crippen LogP contribution is -2.67. The zero-order valence-corrected chi connectivity index (χ0v) is 16.9. The van der Waals surface area contributed by atoms with Gasteiger partial charge in [-0.2, -0.15) is 4.98 Å². The number of likely N-dealkylation sites (tertiary alicyclic amines) is 1. The van der Waals surface area contributed by atoms with Gasteiger partial charge >= 0.3 is 5.69 Å². The molecule has 1 aromatic rings. The van der Waals surface area contributed by atoms with E-state index in [4.69, 9.17) is 0 Å². The number of aromatic amines is 1. The van der Waals surface area contributed by atoms with Gasteiger partial charge in [0, 0.05) is 43.8 Å². The van der Waals surface area contributed by atoms with Crippen LogP contribution < -0.4 is 5.69 Å². The number of aromatic nitrogens is 2. The van der Waals surface area contributed by atoms with Crippen LogP contribution >= 0.6 is 0 Å². The minimum atomic E-state index is -0.491. The number of aryl methyl sites for hydroxylation is 1. The van der Waals surface area contributed by atoms with Crippen LogP contribution in [0.4, 0.5) is 0 Å². The first kappa shape index (κ1) is 19.1. The summed E-state index contributed by atoms with van der Waals surface area (Å²) in [7, 11) is 4.06. The molecule has 1 N–H and O–H groups in total. The molecule has 3 aliphatic rings. The van der Waals surface area contributed by atoms with Gasteiger partial charge in [-0.25, -0.2) is 4.79 Å². The molecule has 0 aliphatic carbocycles. The Balaban J connectivity index is 1.62. The third-order valence-corrected chi connectivity index (χ3v) is 6.43. The second-order valence-corrected chi connectivity index (χ2v) is 8.81. The number of hydrogen-bond acceptors (Lipinski definition) is 5. The summed E-state index contributed by atoms with van der Waals surface area (Å²) < 4.78 is 0. The first-order valence-corrected chi connectivity index (χ1v) is 10.2. The van der Waals surface area contributed by atoms with Crippen LogP contribution in [0.3, 0.4) is 0 Å². The van der Waals surface area contributed by atoms with Crippen molar-refractivity contribution in [2.24, 2.45) is 11.8 Å². The number of carbonyl (C=O) groups excluding carboxylic acids is 2. The number of carbonyl (C=O) groups is 2. The van der Waals surface area contributed by atoms with E-state index in [2.05, 4.69) is 19.8 Å².